The van der Waals surface area contributed by atoms with Crippen LogP contribution >= 0.6 is 24.0 Å². The number of halogens is 2. The van der Waals surface area contributed by atoms with Gasteiger partial charge in [-0.05, 0) is 62.1 Å². The Labute approximate surface area is 171 Å². The van der Waals surface area contributed by atoms with E-state index in [-0.39, 0.29) is 18.4 Å². The summed E-state index contributed by atoms with van der Waals surface area (Å²) in [6.07, 6.45) is 2.92. The third-order valence-corrected chi connectivity index (χ3v) is 5.94. The second-order valence-electron chi connectivity index (χ2n) is 7.05. The van der Waals surface area contributed by atoms with Crippen LogP contribution in [0.2, 0.25) is 5.02 Å². The van der Waals surface area contributed by atoms with E-state index in [2.05, 4.69) is 48.4 Å². The Hall–Kier alpha value is -1.75. The zero-order chi connectivity index (χ0) is 18.4. The molecule has 0 aliphatic carbocycles. The van der Waals surface area contributed by atoms with Crippen molar-refractivity contribution in [1.29, 1.82) is 0 Å². The molecule has 3 aromatic rings. The quantitative estimate of drug-likeness (QED) is 0.579. The number of aryl methyl sites for hydroxylation is 1. The summed E-state index contributed by atoms with van der Waals surface area (Å²) >= 11 is 6.27. The summed E-state index contributed by atoms with van der Waals surface area (Å²) in [5.41, 5.74) is 6.34. The lowest BCUT2D eigenvalue weighted by Gasteiger charge is -2.36. The van der Waals surface area contributed by atoms with Gasteiger partial charge in [0, 0.05) is 36.0 Å². The molecule has 1 aliphatic rings. The van der Waals surface area contributed by atoms with E-state index < -0.39 is 0 Å². The molecule has 27 heavy (non-hydrogen) atoms. The van der Waals surface area contributed by atoms with Gasteiger partial charge in [0.15, 0.2) is 5.82 Å². The lowest BCUT2D eigenvalue weighted by atomic mass is 9.93. The lowest BCUT2D eigenvalue weighted by Crippen LogP contribution is -2.35. The van der Waals surface area contributed by atoms with Crippen molar-refractivity contribution in [2.24, 2.45) is 0 Å². The first-order chi connectivity index (χ1) is 12.5. The van der Waals surface area contributed by atoms with Crippen molar-refractivity contribution < 1.29 is 4.74 Å². The van der Waals surface area contributed by atoms with Crippen LogP contribution in [0.25, 0.3) is 10.9 Å². The third kappa shape index (κ3) is 3.20. The Morgan fingerprint density at radius 3 is 2.78 bits per heavy atom. The fourth-order valence-electron chi connectivity index (χ4n) is 4.15. The topological polar surface area (TPSA) is 30.3 Å². The Morgan fingerprint density at radius 2 is 2.04 bits per heavy atom. The highest BCUT2D eigenvalue weighted by atomic mass is 35.5. The molecule has 0 amide bonds. The van der Waals surface area contributed by atoms with E-state index in [0.717, 1.165) is 29.3 Å². The number of methoxy groups -OCH3 is 1. The maximum Gasteiger partial charge on any atom is 0.153 e. The van der Waals surface area contributed by atoms with Gasteiger partial charge in [0.1, 0.15) is 6.73 Å². The molecule has 0 fully saturated rings. The van der Waals surface area contributed by atoms with Crippen molar-refractivity contribution in [3.63, 3.8) is 0 Å². The molecule has 0 saturated carbocycles. The number of anilines is 1. The van der Waals surface area contributed by atoms with Crippen LogP contribution in [0.4, 0.5) is 5.82 Å². The molecule has 0 bridgehead atoms. The highest BCUT2D eigenvalue weighted by Crippen LogP contribution is 2.38. The minimum atomic E-state index is 0. The molecule has 144 valence electrons. The summed E-state index contributed by atoms with van der Waals surface area (Å²) < 4.78 is 7.70. The zero-order valence-corrected chi connectivity index (χ0v) is 17.7. The third-order valence-electron chi connectivity index (χ3n) is 5.70. The van der Waals surface area contributed by atoms with Crippen LogP contribution in [0.15, 0.2) is 30.5 Å². The van der Waals surface area contributed by atoms with Crippen molar-refractivity contribution in [1.82, 2.24) is 9.55 Å². The molecule has 1 aromatic carbocycles. The van der Waals surface area contributed by atoms with Gasteiger partial charge in [0.2, 0.25) is 0 Å². The molecule has 1 aliphatic heterocycles. The largest absolute Gasteiger partial charge is 0.364 e. The minimum Gasteiger partial charge on any atom is -0.364 e. The molecule has 0 N–H and O–H groups in total. The average molecular weight is 406 g/mol. The standard InChI is InChI=1S/C21H24ClN3O.ClH/c1-13-14(2)25(12-26-4)20-18(13)7-9-23-21(20)24-10-8-16-5-6-17(22)11-19(16)15(24)3;/h5-7,9,11,15H,8,10,12H2,1-4H3;1H. The highest BCUT2D eigenvalue weighted by molar-refractivity contribution is 6.30. The maximum absolute atomic E-state index is 6.27. The first-order valence-electron chi connectivity index (χ1n) is 9.01. The summed E-state index contributed by atoms with van der Waals surface area (Å²) in [7, 11) is 1.73. The Kier molecular flexibility index (Phi) is 5.71. The second-order valence-corrected chi connectivity index (χ2v) is 7.49. The van der Waals surface area contributed by atoms with Crippen LogP contribution in [0.3, 0.4) is 0 Å². The van der Waals surface area contributed by atoms with Gasteiger partial charge in [-0.2, -0.15) is 0 Å². The molecule has 2 aromatic heterocycles. The van der Waals surface area contributed by atoms with Crippen molar-refractivity contribution in [3.05, 3.63) is 57.9 Å². The van der Waals surface area contributed by atoms with Gasteiger partial charge in [-0.15, -0.1) is 12.4 Å². The predicted octanol–water partition coefficient (Wildman–Crippen LogP) is 5.46. The van der Waals surface area contributed by atoms with Crippen molar-refractivity contribution in [2.75, 3.05) is 18.6 Å². The van der Waals surface area contributed by atoms with Crippen molar-refractivity contribution in [2.45, 2.75) is 40.0 Å². The van der Waals surface area contributed by atoms with Gasteiger partial charge in [0.05, 0.1) is 11.6 Å². The Balaban J connectivity index is 0.00000210. The molecule has 0 saturated heterocycles. The van der Waals surface area contributed by atoms with Crippen LogP contribution in [-0.2, 0) is 17.9 Å². The first-order valence-corrected chi connectivity index (χ1v) is 9.39. The number of fused-ring (bicyclic) bond motifs is 2. The van der Waals surface area contributed by atoms with Crippen molar-refractivity contribution >= 4 is 40.7 Å². The smallest absolute Gasteiger partial charge is 0.153 e. The van der Waals surface area contributed by atoms with E-state index >= 15 is 0 Å². The molecule has 4 rings (SSSR count). The van der Waals surface area contributed by atoms with E-state index in [1.165, 1.54) is 27.8 Å². The molecular weight excluding hydrogens is 381 g/mol. The number of benzene rings is 1. The van der Waals surface area contributed by atoms with E-state index in [0.29, 0.717) is 6.73 Å². The molecular formula is C21H25Cl2N3O. The van der Waals surface area contributed by atoms with Gasteiger partial charge in [-0.25, -0.2) is 4.98 Å². The fourth-order valence-corrected chi connectivity index (χ4v) is 4.33. The lowest BCUT2D eigenvalue weighted by molar-refractivity contribution is 0.133. The molecule has 0 spiro atoms. The number of ether oxygens (including phenoxy) is 1. The Morgan fingerprint density at radius 1 is 1.26 bits per heavy atom. The van der Waals surface area contributed by atoms with E-state index in [4.69, 9.17) is 21.3 Å². The predicted molar refractivity (Wildman–Crippen MR) is 114 cm³/mol. The average Bonchev–Trinajstić information content (AvgIpc) is 2.88. The maximum atomic E-state index is 6.27. The minimum absolute atomic E-state index is 0. The SMILES string of the molecule is COCn1c(C)c(C)c2ccnc(N3CCc4ccc(Cl)cc4C3C)c21.Cl. The zero-order valence-electron chi connectivity index (χ0n) is 16.1. The number of nitrogens with zero attached hydrogens (tertiary/aromatic N) is 3. The fraction of sp³-hybridized carbons (Fsp3) is 0.381. The number of hydrogen-bond donors (Lipinski definition) is 0. The second kappa shape index (κ2) is 7.70. The normalized spacial score (nSPS) is 16.3. The summed E-state index contributed by atoms with van der Waals surface area (Å²) in [5.74, 6) is 1.02. The van der Waals surface area contributed by atoms with E-state index in [1.807, 2.05) is 12.3 Å². The molecule has 3 heterocycles. The molecule has 0 radical (unpaired) electrons. The van der Waals surface area contributed by atoms with E-state index in [9.17, 15) is 0 Å². The number of pyridine rings is 1. The van der Waals surface area contributed by atoms with Crippen LogP contribution in [0, 0.1) is 13.8 Å². The molecule has 6 heteroatoms. The first kappa shape index (κ1) is 20.0. The van der Waals surface area contributed by atoms with E-state index in [1.54, 1.807) is 7.11 Å². The van der Waals surface area contributed by atoms with Gasteiger partial charge in [0.25, 0.3) is 0 Å². The molecule has 4 nitrogen and oxygen atoms in total. The van der Waals surface area contributed by atoms with Gasteiger partial charge in [-0.1, -0.05) is 17.7 Å². The summed E-state index contributed by atoms with van der Waals surface area (Å²) in [6, 6.07) is 8.56. The molecule has 1 atom stereocenters. The number of hydrogen-bond acceptors (Lipinski definition) is 3. The van der Waals surface area contributed by atoms with Crippen LogP contribution in [0.1, 0.15) is 35.3 Å². The summed E-state index contributed by atoms with van der Waals surface area (Å²) in [4.78, 5) is 7.19. The van der Waals surface area contributed by atoms with Gasteiger partial charge < -0.3 is 14.2 Å². The summed E-state index contributed by atoms with van der Waals surface area (Å²) in [6.45, 7) is 8.02. The molecule has 1 unspecified atom stereocenters. The van der Waals surface area contributed by atoms with Crippen LogP contribution in [-0.4, -0.2) is 23.2 Å². The van der Waals surface area contributed by atoms with Gasteiger partial charge >= 0.3 is 0 Å². The highest BCUT2D eigenvalue weighted by Gasteiger charge is 2.28. The summed E-state index contributed by atoms with van der Waals surface area (Å²) in [5, 5.41) is 2.03. The monoisotopic (exact) mass is 405 g/mol. The van der Waals surface area contributed by atoms with Gasteiger partial charge in [-0.3, -0.25) is 0 Å². The van der Waals surface area contributed by atoms with Crippen molar-refractivity contribution in [3.8, 4) is 0 Å². The number of rotatable bonds is 3. The number of aromatic nitrogens is 2. The van der Waals surface area contributed by atoms with Crippen LogP contribution in [0.5, 0.6) is 0 Å². The van der Waals surface area contributed by atoms with Crippen LogP contribution < -0.4 is 4.90 Å². The Bertz CT molecular complexity index is 983.